The van der Waals surface area contributed by atoms with E-state index in [0.717, 1.165) is 11.1 Å². The van der Waals surface area contributed by atoms with Crippen LogP contribution in [-0.2, 0) is 14.7 Å². The van der Waals surface area contributed by atoms with E-state index in [4.69, 9.17) is 4.78 Å². The van der Waals surface area contributed by atoms with Gasteiger partial charge in [0.25, 0.3) is 0 Å². The van der Waals surface area contributed by atoms with E-state index in [2.05, 4.69) is 4.72 Å². The lowest BCUT2D eigenvalue weighted by atomic mass is 10.1. The van der Waals surface area contributed by atoms with Gasteiger partial charge in [-0.05, 0) is 12.5 Å². The fraction of sp³-hybridized carbons (Fsp3) is 0.300. The van der Waals surface area contributed by atoms with Crippen LogP contribution in [-0.4, -0.2) is 10.1 Å². The number of nitrogens with one attached hydrogen (secondary N) is 2. The zero-order valence-electron chi connectivity index (χ0n) is 8.32. The molecule has 2 unspecified atom stereocenters. The van der Waals surface area contributed by atoms with Gasteiger partial charge in [0.1, 0.15) is 9.92 Å². The van der Waals surface area contributed by atoms with Crippen LogP contribution >= 0.6 is 0 Å². The molecule has 1 fully saturated rings. The quantitative estimate of drug-likeness (QED) is 0.759. The minimum atomic E-state index is -3.01. The number of rotatable bonds is 1. The molecule has 15 heavy (non-hydrogen) atoms. The minimum absolute atomic E-state index is 0.145. The topological polar surface area (TPSA) is 70.0 Å². The van der Waals surface area contributed by atoms with Crippen molar-refractivity contribution in [3.8, 4) is 0 Å². The summed E-state index contributed by atoms with van der Waals surface area (Å²) in [6.45, 7) is 1.93. The molecule has 0 saturated carbocycles. The first-order valence-electron chi connectivity index (χ1n) is 4.64. The van der Waals surface area contributed by atoms with E-state index in [1.54, 1.807) is 0 Å². The minimum Gasteiger partial charge on any atom is -0.274 e. The molecule has 0 bridgehead atoms. The lowest BCUT2D eigenvalue weighted by Gasteiger charge is -2.10. The Balaban J connectivity index is 2.44. The molecule has 1 heterocycles. The Kier molecular flexibility index (Phi) is 2.26. The Morgan fingerprint density at radius 3 is 2.80 bits per heavy atom. The number of carbonyl (C=O) groups excluding carboxylic acids is 1. The Morgan fingerprint density at radius 1 is 1.53 bits per heavy atom. The fourth-order valence-electron chi connectivity index (χ4n) is 1.75. The van der Waals surface area contributed by atoms with Crippen LogP contribution in [0.15, 0.2) is 24.3 Å². The lowest BCUT2D eigenvalue weighted by Crippen LogP contribution is -2.20. The first-order valence-corrected chi connectivity index (χ1v) is 6.26. The van der Waals surface area contributed by atoms with E-state index in [0.29, 0.717) is 0 Å². The second kappa shape index (κ2) is 3.34. The SMILES string of the molecule is Cc1cccc(C2CC(=O)NS2(=N)=O)c1. The van der Waals surface area contributed by atoms with Crippen LogP contribution in [0.4, 0.5) is 0 Å². The largest absolute Gasteiger partial charge is 0.274 e. The zero-order valence-corrected chi connectivity index (χ0v) is 9.14. The Hall–Kier alpha value is -1.36. The summed E-state index contributed by atoms with van der Waals surface area (Å²) >= 11 is 0. The molecule has 4 nitrogen and oxygen atoms in total. The third-order valence-corrected chi connectivity index (χ3v) is 4.22. The van der Waals surface area contributed by atoms with Crippen LogP contribution in [0, 0.1) is 11.7 Å². The molecule has 0 aromatic heterocycles. The second-order valence-corrected chi connectivity index (χ2v) is 5.71. The molecule has 2 atom stereocenters. The number of benzene rings is 1. The first kappa shape index (κ1) is 10.2. The predicted octanol–water partition coefficient (Wildman–Crippen LogP) is 1.52. The third-order valence-electron chi connectivity index (χ3n) is 2.45. The summed E-state index contributed by atoms with van der Waals surface area (Å²) in [6.07, 6.45) is 0.145. The van der Waals surface area contributed by atoms with Gasteiger partial charge >= 0.3 is 0 Å². The summed E-state index contributed by atoms with van der Waals surface area (Å²) in [7, 11) is -3.01. The van der Waals surface area contributed by atoms with Crippen molar-refractivity contribution in [3.05, 3.63) is 35.4 Å². The maximum Gasteiger partial charge on any atom is 0.233 e. The Bertz CT molecular complexity index is 508. The summed E-state index contributed by atoms with van der Waals surface area (Å²) in [5.74, 6) is -0.304. The van der Waals surface area contributed by atoms with E-state index in [1.165, 1.54) is 0 Å². The molecular weight excluding hydrogens is 212 g/mol. The van der Waals surface area contributed by atoms with Crippen molar-refractivity contribution in [1.82, 2.24) is 4.72 Å². The molecule has 0 aliphatic carbocycles. The summed E-state index contributed by atoms with van der Waals surface area (Å²) in [6, 6.07) is 7.47. The van der Waals surface area contributed by atoms with Crippen LogP contribution in [0.2, 0.25) is 0 Å². The van der Waals surface area contributed by atoms with Crippen molar-refractivity contribution in [2.24, 2.45) is 0 Å². The number of carbonyl (C=O) groups is 1. The van der Waals surface area contributed by atoms with Crippen LogP contribution in [0.25, 0.3) is 0 Å². The van der Waals surface area contributed by atoms with Crippen LogP contribution in [0.1, 0.15) is 22.8 Å². The highest BCUT2D eigenvalue weighted by Crippen LogP contribution is 2.30. The first-order chi connectivity index (χ1) is 6.99. The van der Waals surface area contributed by atoms with Crippen LogP contribution in [0.5, 0.6) is 0 Å². The number of aryl methyl sites for hydroxylation is 1. The smallest absolute Gasteiger partial charge is 0.233 e. The van der Waals surface area contributed by atoms with Crippen molar-refractivity contribution in [1.29, 1.82) is 4.78 Å². The van der Waals surface area contributed by atoms with Gasteiger partial charge in [-0.25, -0.2) is 8.99 Å². The summed E-state index contributed by atoms with van der Waals surface area (Å²) in [4.78, 5) is 11.1. The van der Waals surface area contributed by atoms with E-state index in [1.807, 2.05) is 31.2 Å². The lowest BCUT2D eigenvalue weighted by molar-refractivity contribution is -0.118. The highest BCUT2D eigenvalue weighted by Gasteiger charge is 2.34. The van der Waals surface area contributed by atoms with Crippen molar-refractivity contribution >= 4 is 15.8 Å². The maximum absolute atomic E-state index is 11.8. The highest BCUT2D eigenvalue weighted by atomic mass is 32.2. The van der Waals surface area contributed by atoms with Gasteiger partial charge in [-0.15, -0.1) is 0 Å². The molecule has 1 aromatic rings. The van der Waals surface area contributed by atoms with E-state index >= 15 is 0 Å². The van der Waals surface area contributed by atoms with Gasteiger partial charge in [0.05, 0.1) is 5.25 Å². The van der Waals surface area contributed by atoms with E-state index in [-0.39, 0.29) is 12.3 Å². The Morgan fingerprint density at radius 2 is 2.27 bits per heavy atom. The number of hydrogen-bond acceptors (Lipinski definition) is 3. The highest BCUT2D eigenvalue weighted by molar-refractivity contribution is 7.91. The molecule has 1 aliphatic heterocycles. The van der Waals surface area contributed by atoms with E-state index in [9.17, 15) is 9.00 Å². The molecule has 1 saturated heterocycles. The molecule has 2 rings (SSSR count). The van der Waals surface area contributed by atoms with Crippen molar-refractivity contribution in [3.63, 3.8) is 0 Å². The fourth-order valence-corrected chi connectivity index (χ4v) is 3.23. The molecule has 1 aliphatic rings. The molecule has 0 radical (unpaired) electrons. The molecular formula is C10H12N2O2S. The monoisotopic (exact) mass is 224 g/mol. The summed E-state index contributed by atoms with van der Waals surface area (Å²) in [5.41, 5.74) is 1.84. The molecule has 80 valence electrons. The normalized spacial score (nSPS) is 30.2. The van der Waals surface area contributed by atoms with Crippen LogP contribution < -0.4 is 4.72 Å². The van der Waals surface area contributed by atoms with Gasteiger partial charge in [-0.2, -0.15) is 0 Å². The molecule has 2 N–H and O–H groups in total. The number of hydrogen-bond donors (Lipinski definition) is 2. The van der Waals surface area contributed by atoms with Gasteiger partial charge in [-0.1, -0.05) is 29.8 Å². The van der Waals surface area contributed by atoms with Crippen molar-refractivity contribution in [2.75, 3.05) is 0 Å². The van der Waals surface area contributed by atoms with Gasteiger partial charge < -0.3 is 0 Å². The number of amides is 1. The average molecular weight is 224 g/mol. The zero-order chi connectivity index (χ0) is 11.1. The predicted molar refractivity (Wildman–Crippen MR) is 57.5 cm³/mol. The van der Waals surface area contributed by atoms with Gasteiger partial charge in [0.15, 0.2) is 0 Å². The van der Waals surface area contributed by atoms with Crippen LogP contribution in [0.3, 0.4) is 0 Å². The molecule has 1 aromatic carbocycles. The summed E-state index contributed by atoms with van der Waals surface area (Å²) < 4.78 is 21.6. The maximum atomic E-state index is 11.8. The van der Waals surface area contributed by atoms with E-state index < -0.39 is 15.2 Å². The average Bonchev–Trinajstić information content (AvgIpc) is 2.39. The van der Waals surface area contributed by atoms with Gasteiger partial charge in [0.2, 0.25) is 5.91 Å². The molecule has 0 spiro atoms. The molecule has 5 heteroatoms. The molecule has 1 amide bonds. The van der Waals surface area contributed by atoms with Crippen molar-refractivity contribution < 1.29 is 9.00 Å². The van der Waals surface area contributed by atoms with Gasteiger partial charge in [0, 0.05) is 6.42 Å². The second-order valence-electron chi connectivity index (χ2n) is 3.73. The summed E-state index contributed by atoms with van der Waals surface area (Å²) in [5, 5.41) is -0.509. The van der Waals surface area contributed by atoms with Gasteiger partial charge in [-0.3, -0.25) is 9.52 Å². The third kappa shape index (κ3) is 1.87. The Labute approximate surface area is 88.8 Å². The van der Waals surface area contributed by atoms with Crippen molar-refractivity contribution in [2.45, 2.75) is 18.6 Å². The standard InChI is InChI=1S/C10H12N2O2S/c1-7-3-2-4-8(5-7)9-6-10(13)12-15(9,11)14/h2-5,9H,6H2,1H3,(H2,11,12,13,14).